The van der Waals surface area contributed by atoms with E-state index in [1.54, 1.807) is 6.08 Å². The van der Waals surface area contributed by atoms with Crippen LogP contribution in [0.15, 0.2) is 11.8 Å². The van der Waals surface area contributed by atoms with Crippen LogP contribution in [0.3, 0.4) is 0 Å². The van der Waals surface area contributed by atoms with Gasteiger partial charge in [0.1, 0.15) is 12.3 Å². The maximum absolute atomic E-state index is 11.4. The largest absolute Gasteiger partial charge is 0.464 e. The first-order valence-electron chi connectivity index (χ1n) is 4.89. The molecule has 1 fully saturated rings. The predicted octanol–water partition coefficient (Wildman–Crippen LogP) is 0.904. The molecule has 0 aromatic rings. The Kier molecular flexibility index (Phi) is 2.38. The zero-order chi connectivity index (χ0) is 11.0. The van der Waals surface area contributed by atoms with E-state index in [9.17, 15) is 9.59 Å². The molecule has 5 nitrogen and oxygen atoms in total. The number of esters is 1. The number of carbonyl (C=O) groups excluding carboxylic acids is 2. The maximum Gasteiger partial charge on any atom is 0.414 e. The summed E-state index contributed by atoms with van der Waals surface area (Å²) >= 11 is 0. The van der Waals surface area contributed by atoms with Gasteiger partial charge in [0, 0.05) is 0 Å². The van der Waals surface area contributed by atoms with Crippen LogP contribution in [0.25, 0.3) is 0 Å². The van der Waals surface area contributed by atoms with Gasteiger partial charge in [-0.15, -0.1) is 0 Å². The molecule has 0 radical (unpaired) electrons. The fourth-order valence-electron chi connectivity index (χ4n) is 1.97. The standard InChI is InChI=1S/C10H13NO4/c1-6-3-4-7(9(12)14-2)11-8(6)5-15-10(11)13/h4,6,8H,3,5H2,1-2H3/t6-,8+/m1/s1. The smallest absolute Gasteiger partial charge is 0.414 e. The summed E-state index contributed by atoms with van der Waals surface area (Å²) < 4.78 is 9.56. The van der Waals surface area contributed by atoms with Crippen molar-refractivity contribution < 1.29 is 19.1 Å². The molecule has 1 amide bonds. The van der Waals surface area contributed by atoms with Crippen molar-refractivity contribution in [3.8, 4) is 0 Å². The van der Waals surface area contributed by atoms with E-state index in [1.807, 2.05) is 6.92 Å². The quantitative estimate of drug-likeness (QED) is 0.605. The third-order valence-electron chi connectivity index (χ3n) is 2.90. The SMILES string of the molecule is COC(=O)C1=CC[C@@H](C)[C@@H]2COC(=O)N12. The van der Waals surface area contributed by atoms with E-state index < -0.39 is 12.1 Å². The van der Waals surface area contributed by atoms with Gasteiger partial charge in [0.05, 0.1) is 13.2 Å². The van der Waals surface area contributed by atoms with Crippen molar-refractivity contribution in [3.05, 3.63) is 11.8 Å². The lowest BCUT2D eigenvalue weighted by molar-refractivity contribution is -0.138. The van der Waals surface area contributed by atoms with Gasteiger partial charge >= 0.3 is 12.1 Å². The van der Waals surface area contributed by atoms with Crippen molar-refractivity contribution in [3.63, 3.8) is 0 Å². The molecule has 0 aromatic heterocycles. The topological polar surface area (TPSA) is 55.8 Å². The number of hydrogen-bond acceptors (Lipinski definition) is 4. The number of nitrogens with zero attached hydrogens (tertiary/aromatic N) is 1. The molecule has 5 heteroatoms. The summed E-state index contributed by atoms with van der Waals surface area (Å²) in [5.41, 5.74) is 0.308. The zero-order valence-corrected chi connectivity index (χ0v) is 8.73. The number of fused-ring (bicyclic) bond motifs is 1. The number of ether oxygens (including phenoxy) is 2. The lowest BCUT2D eigenvalue weighted by Crippen LogP contribution is -2.42. The summed E-state index contributed by atoms with van der Waals surface area (Å²) in [4.78, 5) is 24.3. The summed E-state index contributed by atoms with van der Waals surface area (Å²) in [5.74, 6) is -0.171. The average Bonchev–Trinajstić information content (AvgIpc) is 2.62. The van der Waals surface area contributed by atoms with Crippen molar-refractivity contribution >= 4 is 12.1 Å². The van der Waals surface area contributed by atoms with Gasteiger partial charge in [-0.25, -0.2) is 9.59 Å². The van der Waals surface area contributed by atoms with Gasteiger partial charge < -0.3 is 9.47 Å². The fourth-order valence-corrected chi connectivity index (χ4v) is 1.97. The van der Waals surface area contributed by atoms with Gasteiger partial charge in [-0.05, 0) is 12.3 Å². The van der Waals surface area contributed by atoms with Crippen LogP contribution in [0.2, 0.25) is 0 Å². The van der Waals surface area contributed by atoms with E-state index in [4.69, 9.17) is 4.74 Å². The molecule has 2 aliphatic rings. The van der Waals surface area contributed by atoms with Gasteiger partial charge in [-0.1, -0.05) is 13.0 Å². The van der Waals surface area contributed by atoms with E-state index in [0.29, 0.717) is 18.2 Å². The lowest BCUT2D eigenvalue weighted by Gasteiger charge is -2.30. The Bertz CT molecular complexity index is 336. The van der Waals surface area contributed by atoms with E-state index in [2.05, 4.69) is 4.74 Å². The minimum Gasteiger partial charge on any atom is -0.464 e. The first-order chi connectivity index (χ1) is 7.15. The summed E-state index contributed by atoms with van der Waals surface area (Å²) in [6.45, 7) is 2.39. The van der Waals surface area contributed by atoms with Gasteiger partial charge in [0.2, 0.25) is 0 Å². The second-order valence-electron chi connectivity index (χ2n) is 3.81. The molecule has 1 saturated heterocycles. The van der Waals surface area contributed by atoms with Crippen molar-refractivity contribution in [1.29, 1.82) is 0 Å². The van der Waals surface area contributed by atoms with Crippen LogP contribution in [0.5, 0.6) is 0 Å². The Labute approximate surface area is 87.6 Å². The Morgan fingerprint density at radius 1 is 1.67 bits per heavy atom. The molecule has 2 aliphatic heterocycles. The number of amides is 1. The van der Waals surface area contributed by atoms with E-state index in [-0.39, 0.29) is 6.04 Å². The number of carbonyl (C=O) groups is 2. The van der Waals surface area contributed by atoms with Crippen LogP contribution in [0.1, 0.15) is 13.3 Å². The molecule has 0 aromatic carbocycles. The number of allylic oxidation sites excluding steroid dienone is 1. The second kappa shape index (κ2) is 3.56. The normalized spacial score (nSPS) is 29.3. The van der Waals surface area contributed by atoms with Gasteiger partial charge in [0.15, 0.2) is 0 Å². The first-order valence-corrected chi connectivity index (χ1v) is 4.89. The summed E-state index contributed by atoms with van der Waals surface area (Å²) in [7, 11) is 1.30. The van der Waals surface area contributed by atoms with Crippen LogP contribution in [-0.2, 0) is 14.3 Å². The molecule has 0 bridgehead atoms. The minimum atomic E-state index is -0.481. The molecule has 2 heterocycles. The van der Waals surface area contributed by atoms with Crippen LogP contribution < -0.4 is 0 Å². The number of methoxy groups -OCH3 is 1. The molecule has 0 saturated carbocycles. The maximum atomic E-state index is 11.4. The Balaban J connectivity index is 2.31. The van der Waals surface area contributed by atoms with Crippen LogP contribution in [0, 0.1) is 5.92 Å². The van der Waals surface area contributed by atoms with Crippen molar-refractivity contribution in [1.82, 2.24) is 4.90 Å². The number of hydrogen-bond donors (Lipinski definition) is 0. The minimum absolute atomic E-state index is 0.0309. The van der Waals surface area contributed by atoms with Crippen LogP contribution in [-0.4, -0.2) is 36.7 Å². The Morgan fingerprint density at radius 3 is 3.07 bits per heavy atom. The Hall–Kier alpha value is -1.52. The van der Waals surface area contributed by atoms with E-state index in [1.165, 1.54) is 12.0 Å². The fraction of sp³-hybridized carbons (Fsp3) is 0.600. The van der Waals surface area contributed by atoms with Crippen molar-refractivity contribution in [2.24, 2.45) is 5.92 Å². The van der Waals surface area contributed by atoms with Crippen molar-refractivity contribution in [2.45, 2.75) is 19.4 Å². The molecule has 2 rings (SSSR count). The number of rotatable bonds is 1. The van der Waals surface area contributed by atoms with Crippen molar-refractivity contribution in [2.75, 3.05) is 13.7 Å². The molecule has 0 aliphatic carbocycles. The lowest BCUT2D eigenvalue weighted by atomic mass is 9.93. The molecule has 0 spiro atoms. The van der Waals surface area contributed by atoms with Gasteiger partial charge in [-0.3, -0.25) is 4.90 Å². The predicted molar refractivity (Wildman–Crippen MR) is 50.9 cm³/mol. The Morgan fingerprint density at radius 2 is 2.40 bits per heavy atom. The molecular formula is C10H13NO4. The third kappa shape index (κ3) is 1.48. The summed E-state index contributed by atoms with van der Waals surface area (Å²) in [6, 6.07) is -0.0309. The van der Waals surface area contributed by atoms with E-state index in [0.717, 1.165) is 6.42 Å². The summed E-state index contributed by atoms with van der Waals surface area (Å²) in [6.07, 6.45) is 2.05. The average molecular weight is 211 g/mol. The highest BCUT2D eigenvalue weighted by molar-refractivity contribution is 5.93. The molecule has 15 heavy (non-hydrogen) atoms. The third-order valence-corrected chi connectivity index (χ3v) is 2.90. The highest BCUT2D eigenvalue weighted by atomic mass is 16.6. The second-order valence-corrected chi connectivity index (χ2v) is 3.81. The summed E-state index contributed by atoms with van der Waals surface area (Å²) in [5, 5.41) is 0. The zero-order valence-electron chi connectivity index (χ0n) is 8.73. The van der Waals surface area contributed by atoms with Gasteiger partial charge in [-0.2, -0.15) is 0 Å². The van der Waals surface area contributed by atoms with Crippen LogP contribution in [0.4, 0.5) is 4.79 Å². The molecule has 0 unspecified atom stereocenters. The monoisotopic (exact) mass is 211 g/mol. The highest BCUT2D eigenvalue weighted by Gasteiger charge is 2.43. The van der Waals surface area contributed by atoms with Crippen LogP contribution >= 0.6 is 0 Å². The first kappa shape index (κ1) is 10.0. The molecule has 2 atom stereocenters. The van der Waals surface area contributed by atoms with Gasteiger partial charge in [0.25, 0.3) is 0 Å². The highest BCUT2D eigenvalue weighted by Crippen LogP contribution is 2.31. The van der Waals surface area contributed by atoms with E-state index >= 15 is 0 Å². The molecular weight excluding hydrogens is 198 g/mol. The number of cyclic esters (lactones) is 1. The molecule has 0 N–H and O–H groups in total. The molecule has 82 valence electrons.